The summed E-state index contributed by atoms with van der Waals surface area (Å²) in [5, 5.41) is 4.43. The molecule has 0 unspecified atom stereocenters. The molecule has 2 heterocycles. The lowest BCUT2D eigenvalue weighted by Gasteiger charge is -2.31. The Labute approximate surface area is 168 Å². The molecule has 1 aromatic heterocycles. The van der Waals surface area contributed by atoms with Crippen LogP contribution in [0.15, 0.2) is 30.3 Å². The Hall–Kier alpha value is -2.35. The summed E-state index contributed by atoms with van der Waals surface area (Å²) in [5.41, 5.74) is 3.41. The molecule has 0 bridgehead atoms. The summed E-state index contributed by atoms with van der Waals surface area (Å²) in [6.07, 6.45) is -2.97. The van der Waals surface area contributed by atoms with Crippen LogP contribution in [0, 0.1) is 19.8 Å². The van der Waals surface area contributed by atoms with Crippen LogP contribution in [0.2, 0.25) is 0 Å². The molecular formula is C21H26F3N3O2. The van der Waals surface area contributed by atoms with Crippen LogP contribution in [0.5, 0.6) is 0 Å². The second-order valence-corrected chi connectivity index (χ2v) is 7.72. The quantitative estimate of drug-likeness (QED) is 0.677. The number of aryl methyl sites for hydroxylation is 2. The Morgan fingerprint density at radius 3 is 2.55 bits per heavy atom. The molecule has 0 saturated carbocycles. The zero-order valence-corrected chi connectivity index (χ0v) is 16.7. The first-order valence-electron chi connectivity index (χ1n) is 9.76. The number of hydrogen-bond acceptors (Lipinski definition) is 4. The molecule has 1 fully saturated rings. The molecule has 2 aromatic rings. The highest BCUT2D eigenvalue weighted by Crippen LogP contribution is 2.23. The summed E-state index contributed by atoms with van der Waals surface area (Å²) >= 11 is 0. The van der Waals surface area contributed by atoms with Crippen molar-refractivity contribution in [2.24, 2.45) is 5.92 Å². The topological polar surface area (TPSA) is 47.4 Å². The number of aromatic nitrogens is 2. The SMILES string of the molecule is Cc1cc(C)n(Cc2cccc(C(=O)OCC3CCN(CC(F)(F)F)CC3)c2)n1. The van der Waals surface area contributed by atoms with Gasteiger partial charge in [0, 0.05) is 5.69 Å². The fourth-order valence-electron chi connectivity index (χ4n) is 3.65. The number of alkyl halides is 3. The number of carbonyl (C=O) groups excluding carboxylic acids is 1. The standard InChI is InChI=1S/C21H26F3N3O2/c1-15-10-16(2)27(25-15)12-18-4-3-5-19(11-18)20(28)29-13-17-6-8-26(9-7-17)14-21(22,23)24/h3-5,10-11,17H,6-9,12-14H2,1-2H3. The van der Waals surface area contributed by atoms with E-state index < -0.39 is 18.7 Å². The fourth-order valence-corrected chi connectivity index (χ4v) is 3.65. The largest absolute Gasteiger partial charge is 0.462 e. The molecule has 0 atom stereocenters. The minimum Gasteiger partial charge on any atom is -0.462 e. The van der Waals surface area contributed by atoms with Gasteiger partial charge in [-0.3, -0.25) is 9.58 Å². The van der Waals surface area contributed by atoms with Crippen LogP contribution >= 0.6 is 0 Å². The fraction of sp³-hybridized carbons (Fsp3) is 0.524. The second kappa shape index (κ2) is 8.98. The molecule has 0 spiro atoms. The van der Waals surface area contributed by atoms with E-state index in [1.54, 1.807) is 12.1 Å². The Kier molecular flexibility index (Phi) is 6.62. The Balaban J connectivity index is 1.49. The van der Waals surface area contributed by atoms with Gasteiger partial charge >= 0.3 is 12.1 Å². The van der Waals surface area contributed by atoms with E-state index in [9.17, 15) is 18.0 Å². The summed E-state index contributed by atoms with van der Waals surface area (Å²) in [4.78, 5) is 13.8. The van der Waals surface area contributed by atoms with Gasteiger partial charge in [0.2, 0.25) is 0 Å². The lowest BCUT2D eigenvalue weighted by molar-refractivity contribution is -0.148. The summed E-state index contributed by atoms with van der Waals surface area (Å²) in [5.74, 6) is -0.306. The number of rotatable bonds is 6. The number of likely N-dealkylation sites (tertiary alicyclic amines) is 1. The lowest BCUT2D eigenvalue weighted by atomic mass is 9.98. The monoisotopic (exact) mass is 409 g/mol. The van der Waals surface area contributed by atoms with Crippen LogP contribution in [0.25, 0.3) is 0 Å². The summed E-state index contributed by atoms with van der Waals surface area (Å²) in [6.45, 7) is 4.60. The van der Waals surface area contributed by atoms with E-state index in [2.05, 4.69) is 5.10 Å². The van der Waals surface area contributed by atoms with Crippen molar-refractivity contribution in [2.75, 3.05) is 26.2 Å². The number of piperidine rings is 1. The van der Waals surface area contributed by atoms with Crippen molar-refractivity contribution >= 4 is 5.97 Å². The zero-order valence-electron chi connectivity index (χ0n) is 16.7. The number of carbonyl (C=O) groups is 1. The van der Waals surface area contributed by atoms with Gasteiger partial charge in [0.25, 0.3) is 0 Å². The molecule has 0 amide bonds. The smallest absolute Gasteiger partial charge is 0.401 e. The maximum atomic E-state index is 12.5. The average molecular weight is 409 g/mol. The van der Waals surface area contributed by atoms with Crippen molar-refractivity contribution in [2.45, 2.75) is 39.4 Å². The van der Waals surface area contributed by atoms with Gasteiger partial charge in [-0.1, -0.05) is 12.1 Å². The van der Waals surface area contributed by atoms with Gasteiger partial charge in [0.1, 0.15) is 0 Å². The molecule has 0 radical (unpaired) electrons. The lowest BCUT2D eigenvalue weighted by Crippen LogP contribution is -2.40. The van der Waals surface area contributed by atoms with Crippen molar-refractivity contribution in [1.82, 2.24) is 14.7 Å². The van der Waals surface area contributed by atoms with Crippen molar-refractivity contribution in [3.05, 3.63) is 52.8 Å². The zero-order chi connectivity index (χ0) is 21.0. The van der Waals surface area contributed by atoms with Crippen LogP contribution in [0.3, 0.4) is 0 Å². The molecule has 29 heavy (non-hydrogen) atoms. The molecule has 1 aromatic carbocycles. The van der Waals surface area contributed by atoms with Gasteiger partial charge < -0.3 is 4.74 Å². The van der Waals surface area contributed by atoms with Crippen LogP contribution in [0.1, 0.15) is 40.2 Å². The van der Waals surface area contributed by atoms with E-state index in [-0.39, 0.29) is 12.5 Å². The highest BCUT2D eigenvalue weighted by Gasteiger charge is 2.32. The third-order valence-corrected chi connectivity index (χ3v) is 5.16. The number of halogens is 3. The first-order chi connectivity index (χ1) is 13.7. The Morgan fingerprint density at radius 2 is 1.93 bits per heavy atom. The number of hydrogen-bond donors (Lipinski definition) is 0. The van der Waals surface area contributed by atoms with E-state index in [1.807, 2.05) is 36.7 Å². The number of ether oxygens (including phenoxy) is 1. The molecule has 1 aliphatic heterocycles. The minimum absolute atomic E-state index is 0.0984. The number of benzene rings is 1. The predicted octanol–water partition coefficient (Wildman–Crippen LogP) is 3.98. The highest BCUT2D eigenvalue weighted by molar-refractivity contribution is 5.89. The van der Waals surface area contributed by atoms with Gasteiger partial charge in [0.15, 0.2) is 0 Å². The summed E-state index contributed by atoms with van der Waals surface area (Å²) < 4.78 is 44.7. The van der Waals surface area contributed by atoms with Crippen LogP contribution < -0.4 is 0 Å². The van der Waals surface area contributed by atoms with Crippen LogP contribution in [0.4, 0.5) is 13.2 Å². The third kappa shape index (κ3) is 6.32. The van der Waals surface area contributed by atoms with Gasteiger partial charge in [0.05, 0.1) is 31.0 Å². The van der Waals surface area contributed by atoms with E-state index in [1.165, 1.54) is 4.90 Å². The van der Waals surface area contributed by atoms with Crippen molar-refractivity contribution in [1.29, 1.82) is 0 Å². The maximum Gasteiger partial charge on any atom is 0.401 e. The minimum atomic E-state index is -4.17. The molecular weight excluding hydrogens is 383 g/mol. The highest BCUT2D eigenvalue weighted by atomic mass is 19.4. The maximum absolute atomic E-state index is 12.5. The van der Waals surface area contributed by atoms with E-state index in [0.29, 0.717) is 38.0 Å². The molecule has 5 nitrogen and oxygen atoms in total. The van der Waals surface area contributed by atoms with Crippen molar-refractivity contribution in [3.8, 4) is 0 Å². The summed E-state index contributed by atoms with van der Waals surface area (Å²) in [6, 6.07) is 9.25. The van der Waals surface area contributed by atoms with Crippen molar-refractivity contribution in [3.63, 3.8) is 0 Å². The molecule has 0 aliphatic carbocycles. The molecule has 0 N–H and O–H groups in total. The molecule has 3 rings (SSSR count). The molecule has 1 aliphatic rings. The van der Waals surface area contributed by atoms with E-state index >= 15 is 0 Å². The van der Waals surface area contributed by atoms with E-state index in [4.69, 9.17) is 4.74 Å². The Bertz CT molecular complexity index is 840. The van der Waals surface area contributed by atoms with Crippen LogP contribution in [-0.2, 0) is 11.3 Å². The Morgan fingerprint density at radius 1 is 1.21 bits per heavy atom. The van der Waals surface area contributed by atoms with Crippen molar-refractivity contribution < 1.29 is 22.7 Å². The number of nitrogens with zero attached hydrogens (tertiary/aromatic N) is 3. The van der Waals surface area contributed by atoms with Gasteiger partial charge in [-0.25, -0.2) is 4.79 Å². The molecule has 158 valence electrons. The number of esters is 1. The second-order valence-electron chi connectivity index (χ2n) is 7.72. The van der Waals surface area contributed by atoms with E-state index in [0.717, 1.165) is 17.0 Å². The van der Waals surface area contributed by atoms with Crippen LogP contribution in [-0.4, -0.2) is 53.1 Å². The van der Waals surface area contributed by atoms with Gasteiger partial charge in [-0.05, 0) is 69.5 Å². The average Bonchev–Trinajstić information content (AvgIpc) is 2.97. The molecule has 8 heteroatoms. The first-order valence-corrected chi connectivity index (χ1v) is 9.76. The predicted molar refractivity (Wildman–Crippen MR) is 103 cm³/mol. The van der Waals surface area contributed by atoms with Gasteiger partial charge in [-0.2, -0.15) is 18.3 Å². The first kappa shape index (κ1) is 21.4. The normalized spacial score (nSPS) is 16.2. The third-order valence-electron chi connectivity index (χ3n) is 5.16. The summed E-state index contributed by atoms with van der Waals surface area (Å²) in [7, 11) is 0. The molecule has 1 saturated heterocycles. The van der Waals surface area contributed by atoms with Gasteiger partial charge in [-0.15, -0.1) is 0 Å².